The van der Waals surface area contributed by atoms with Crippen LogP contribution in [0.25, 0.3) is 0 Å². The Balaban J connectivity index is 0.00000312. The summed E-state index contributed by atoms with van der Waals surface area (Å²) in [5.41, 5.74) is 6.02. The number of amides is 2. The standard InChI is InChI=1S/C18H27N3O3.ClH/c1-3-21(4-2)16(22)13-24-15-9-7-8-14(12-15)20-17(23)18(19)10-5-6-11-18;/h7-9,12H,3-6,10-11,13,19H2,1-2H3,(H,20,23);1H. The summed E-state index contributed by atoms with van der Waals surface area (Å²) in [7, 11) is 0. The molecular formula is C18H28ClN3O3. The van der Waals surface area contributed by atoms with Crippen LogP contribution in [0.5, 0.6) is 5.75 Å². The second kappa shape index (κ2) is 9.63. The Morgan fingerprint density at radius 2 is 1.88 bits per heavy atom. The minimum absolute atomic E-state index is 0. The molecule has 0 aliphatic heterocycles. The molecule has 2 rings (SSSR count). The molecule has 0 saturated heterocycles. The molecule has 0 bridgehead atoms. The quantitative estimate of drug-likeness (QED) is 0.773. The number of rotatable bonds is 7. The molecule has 140 valence electrons. The minimum atomic E-state index is -0.768. The van der Waals surface area contributed by atoms with E-state index >= 15 is 0 Å². The van der Waals surface area contributed by atoms with Crippen molar-refractivity contribution in [2.45, 2.75) is 45.1 Å². The minimum Gasteiger partial charge on any atom is -0.484 e. The third kappa shape index (κ3) is 5.61. The van der Waals surface area contributed by atoms with Crippen molar-refractivity contribution in [3.8, 4) is 5.75 Å². The number of carbonyl (C=O) groups is 2. The molecule has 0 unspecified atom stereocenters. The van der Waals surface area contributed by atoms with Gasteiger partial charge in [-0.15, -0.1) is 12.4 Å². The molecule has 0 radical (unpaired) electrons. The summed E-state index contributed by atoms with van der Waals surface area (Å²) in [4.78, 5) is 26.0. The van der Waals surface area contributed by atoms with Crippen molar-refractivity contribution in [1.82, 2.24) is 4.90 Å². The van der Waals surface area contributed by atoms with Gasteiger partial charge in [0, 0.05) is 24.8 Å². The van der Waals surface area contributed by atoms with E-state index in [0.29, 0.717) is 37.4 Å². The van der Waals surface area contributed by atoms with Crippen LogP contribution >= 0.6 is 12.4 Å². The first kappa shape index (κ1) is 21.3. The van der Waals surface area contributed by atoms with Crippen LogP contribution in [0.15, 0.2) is 24.3 Å². The van der Waals surface area contributed by atoms with Crippen LogP contribution in [0, 0.1) is 0 Å². The van der Waals surface area contributed by atoms with Gasteiger partial charge < -0.3 is 20.7 Å². The topological polar surface area (TPSA) is 84.7 Å². The zero-order chi connectivity index (χ0) is 17.6. The van der Waals surface area contributed by atoms with Gasteiger partial charge >= 0.3 is 0 Å². The van der Waals surface area contributed by atoms with E-state index in [1.165, 1.54) is 0 Å². The Bertz CT molecular complexity index is 585. The molecule has 0 atom stereocenters. The molecule has 0 aromatic heterocycles. The van der Waals surface area contributed by atoms with E-state index in [-0.39, 0.29) is 30.8 Å². The normalized spacial score (nSPS) is 15.2. The van der Waals surface area contributed by atoms with Crippen molar-refractivity contribution in [2.75, 3.05) is 25.0 Å². The van der Waals surface area contributed by atoms with Crippen molar-refractivity contribution < 1.29 is 14.3 Å². The lowest BCUT2D eigenvalue weighted by Gasteiger charge is -2.22. The molecular weight excluding hydrogens is 342 g/mol. The molecule has 3 N–H and O–H groups in total. The first-order valence-electron chi connectivity index (χ1n) is 8.59. The molecule has 1 aliphatic carbocycles. The maximum Gasteiger partial charge on any atom is 0.260 e. The lowest BCUT2D eigenvalue weighted by molar-refractivity contribution is -0.133. The number of likely N-dealkylation sites (N-methyl/N-ethyl adjacent to an activating group) is 1. The van der Waals surface area contributed by atoms with Crippen LogP contribution in [0.4, 0.5) is 5.69 Å². The third-order valence-electron chi connectivity index (χ3n) is 4.52. The number of nitrogens with two attached hydrogens (primary N) is 1. The second-order valence-electron chi connectivity index (χ2n) is 6.20. The summed E-state index contributed by atoms with van der Waals surface area (Å²) in [5.74, 6) is 0.337. The predicted molar refractivity (Wildman–Crippen MR) is 101 cm³/mol. The van der Waals surface area contributed by atoms with Crippen LogP contribution in [-0.2, 0) is 9.59 Å². The van der Waals surface area contributed by atoms with E-state index < -0.39 is 5.54 Å². The number of benzene rings is 1. The summed E-state index contributed by atoms with van der Waals surface area (Å²) in [6.45, 7) is 5.17. The third-order valence-corrected chi connectivity index (χ3v) is 4.52. The van der Waals surface area contributed by atoms with Crippen LogP contribution in [0.3, 0.4) is 0 Å². The summed E-state index contributed by atoms with van der Waals surface area (Å²) < 4.78 is 5.55. The Labute approximate surface area is 155 Å². The molecule has 1 aromatic carbocycles. The van der Waals surface area contributed by atoms with Crippen LogP contribution < -0.4 is 15.8 Å². The van der Waals surface area contributed by atoms with E-state index in [1.54, 1.807) is 29.2 Å². The van der Waals surface area contributed by atoms with Gasteiger partial charge in [-0.2, -0.15) is 0 Å². The van der Waals surface area contributed by atoms with Crippen molar-refractivity contribution in [3.05, 3.63) is 24.3 Å². The van der Waals surface area contributed by atoms with Gasteiger partial charge in [0.2, 0.25) is 5.91 Å². The Morgan fingerprint density at radius 1 is 1.24 bits per heavy atom. The van der Waals surface area contributed by atoms with Gasteiger partial charge in [0.25, 0.3) is 5.91 Å². The number of nitrogens with zero attached hydrogens (tertiary/aromatic N) is 1. The van der Waals surface area contributed by atoms with Gasteiger partial charge in [-0.1, -0.05) is 18.9 Å². The van der Waals surface area contributed by atoms with Gasteiger partial charge in [0.15, 0.2) is 6.61 Å². The highest BCUT2D eigenvalue weighted by Gasteiger charge is 2.36. The summed E-state index contributed by atoms with van der Waals surface area (Å²) in [5, 5.41) is 2.86. The first-order chi connectivity index (χ1) is 11.5. The number of anilines is 1. The average molecular weight is 370 g/mol. The molecule has 2 amide bonds. The van der Waals surface area contributed by atoms with Gasteiger partial charge in [-0.05, 0) is 38.8 Å². The molecule has 0 spiro atoms. The summed E-state index contributed by atoms with van der Waals surface area (Å²) >= 11 is 0. The highest BCUT2D eigenvalue weighted by atomic mass is 35.5. The maximum atomic E-state index is 12.3. The fraction of sp³-hybridized carbons (Fsp3) is 0.556. The average Bonchev–Trinajstić information content (AvgIpc) is 3.02. The number of ether oxygens (including phenoxy) is 1. The number of nitrogens with one attached hydrogen (secondary N) is 1. The second-order valence-corrected chi connectivity index (χ2v) is 6.20. The lowest BCUT2D eigenvalue weighted by atomic mass is 9.98. The number of hydrogen-bond donors (Lipinski definition) is 2. The molecule has 1 aliphatic rings. The smallest absolute Gasteiger partial charge is 0.260 e. The highest BCUT2D eigenvalue weighted by molar-refractivity contribution is 5.98. The highest BCUT2D eigenvalue weighted by Crippen LogP contribution is 2.29. The summed E-state index contributed by atoms with van der Waals surface area (Å²) in [6, 6.07) is 7.05. The largest absolute Gasteiger partial charge is 0.484 e. The van der Waals surface area contributed by atoms with Crippen LogP contribution in [0.1, 0.15) is 39.5 Å². The van der Waals surface area contributed by atoms with Gasteiger partial charge in [0.1, 0.15) is 5.75 Å². The molecule has 6 nitrogen and oxygen atoms in total. The number of carbonyl (C=O) groups excluding carboxylic acids is 2. The van der Waals surface area contributed by atoms with Gasteiger partial charge in [0.05, 0.1) is 5.54 Å². The summed E-state index contributed by atoms with van der Waals surface area (Å²) in [6.07, 6.45) is 3.40. The van der Waals surface area contributed by atoms with Crippen molar-refractivity contribution in [2.24, 2.45) is 5.73 Å². The van der Waals surface area contributed by atoms with Crippen LogP contribution in [0.2, 0.25) is 0 Å². The lowest BCUT2D eigenvalue weighted by Crippen LogP contribution is -2.48. The van der Waals surface area contributed by atoms with Crippen molar-refractivity contribution in [3.63, 3.8) is 0 Å². The van der Waals surface area contributed by atoms with E-state index in [2.05, 4.69) is 5.32 Å². The van der Waals surface area contributed by atoms with Gasteiger partial charge in [-0.25, -0.2) is 0 Å². The fourth-order valence-corrected chi connectivity index (χ4v) is 2.96. The molecule has 25 heavy (non-hydrogen) atoms. The Hall–Kier alpha value is -1.79. The zero-order valence-corrected chi connectivity index (χ0v) is 15.7. The Kier molecular flexibility index (Phi) is 8.19. The van der Waals surface area contributed by atoms with E-state index in [4.69, 9.17) is 10.5 Å². The van der Waals surface area contributed by atoms with Crippen molar-refractivity contribution >= 4 is 29.9 Å². The number of halogens is 1. The molecule has 1 aromatic rings. The zero-order valence-electron chi connectivity index (χ0n) is 14.9. The number of hydrogen-bond acceptors (Lipinski definition) is 4. The van der Waals surface area contributed by atoms with E-state index in [0.717, 1.165) is 12.8 Å². The predicted octanol–water partition coefficient (Wildman–Crippen LogP) is 2.57. The van der Waals surface area contributed by atoms with Crippen molar-refractivity contribution in [1.29, 1.82) is 0 Å². The maximum absolute atomic E-state index is 12.3. The van der Waals surface area contributed by atoms with Gasteiger partial charge in [-0.3, -0.25) is 9.59 Å². The first-order valence-corrected chi connectivity index (χ1v) is 8.59. The Morgan fingerprint density at radius 3 is 2.48 bits per heavy atom. The van der Waals surface area contributed by atoms with Crippen LogP contribution in [-0.4, -0.2) is 41.9 Å². The molecule has 1 fully saturated rings. The SMILES string of the molecule is CCN(CC)C(=O)COc1cccc(NC(=O)C2(N)CCCC2)c1.Cl. The fourth-order valence-electron chi connectivity index (χ4n) is 2.96. The molecule has 1 saturated carbocycles. The van der Waals surface area contributed by atoms with E-state index in [1.807, 2.05) is 13.8 Å². The monoisotopic (exact) mass is 369 g/mol. The molecule has 7 heteroatoms. The molecule has 0 heterocycles. The van der Waals surface area contributed by atoms with E-state index in [9.17, 15) is 9.59 Å².